The number of Topliss-reactive ketones (excluding diaryl/α,β-unsaturated/α-hetero) is 2. The van der Waals surface area contributed by atoms with Crippen molar-refractivity contribution in [2.24, 2.45) is 0 Å². The van der Waals surface area contributed by atoms with Gasteiger partial charge in [-0.2, -0.15) is 0 Å². The van der Waals surface area contributed by atoms with E-state index in [-0.39, 0.29) is 101 Å². The Morgan fingerprint density at radius 2 is 0.607 bits per heavy atom. The van der Waals surface area contributed by atoms with Gasteiger partial charge in [-0.25, -0.2) is 4.79 Å². The van der Waals surface area contributed by atoms with Crippen LogP contribution in [0.5, 0.6) is 0 Å². The molecule has 11 aliphatic heterocycles. The fourth-order valence-electron chi connectivity index (χ4n) is 25.9. The van der Waals surface area contributed by atoms with E-state index >= 15 is 0 Å². The number of amides is 12. The molecule has 150 heavy (non-hydrogen) atoms. The molecule has 2 aliphatic carbocycles. The van der Waals surface area contributed by atoms with E-state index in [1.807, 2.05) is 18.2 Å². The van der Waals surface area contributed by atoms with E-state index in [9.17, 15) is 52.7 Å². The molecule has 1 saturated carbocycles. The molecule has 3 saturated heterocycles. The van der Waals surface area contributed by atoms with Crippen LogP contribution in [0.1, 0.15) is 236 Å². The van der Waals surface area contributed by atoms with Crippen molar-refractivity contribution in [3.8, 4) is 0 Å². The summed E-state index contributed by atoms with van der Waals surface area (Å²) < 4.78 is 6.91. The number of anilines is 12. The van der Waals surface area contributed by atoms with E-state index in [0.29, 0.717) is 11.1 Å². The minimum atomic E-state index is -0.930. The Labute approximate surface area is 898 Å². The molecule has 1 spiro atoms. The SMILES string of the molecule is CN(C)C1(N(C)C)c2cc(C=C3C(=O)c4ccccc4C3=O)[se]c2N2c3ccccc3C(C)(C)c3cccc1c32.CN1C(=O)C(=Cc2cc3c([se]2)N2c4ccccc4C(C)(C)c4cccc(c42)C32CCCC2)C(=O)N(C)C1=O.CN1C(=O)C(=Cc2cc3c([te]2)N2c4ccccc4C(C)(C)c4cccc(c42)C3(C)C)C(=O)N(C)C1=O.CN1C(=O)C(=Cc2cc3c(s2)N2c4ccccc4C(C)(C)c4cccc(c42)C3(C)C)C(=O)N(C)C1=O. The second kappa shape index (κ2) is 34.6. The van der Waals surface area contributed by atoms with Crippen LogP contribution in [0.25, 0.3) is 24.3 Å². The molecule has 0 radical (unpaired) electrons. The summed E-state index contributed by atoms with van der Waals surface area (Å²) in [6, 6.07) is 75.4. The van der Waals surface area contributed by atoms with Gasteiger partial charge in [-0.15, -0.1) is 11.3 Å². The zero-order chi connectivity index (χ0) is 106. The summed E-state index contributed by atoms with van der Waals surface area (Å²) in [5.74, 6) is -3.67. The number of nitrogens with zero attached hydrogens (tertiary/aromatic N) is 12. The Hall–Kier alpha value is -13.8. The van der Waals surface area contributed by atoms with Crippen LogP contribution in [0.4, 0.5) is 77.7 Å². The van der Waals surface area contributed by atoms with E-state index in [1.165, 1.54) is 191 Å². The van der Waals surface area contributed by atoms with Crippen LogP contribution >= 0.6 is 11.3 Å². The molecule has 12 amide bonds. The maximum Gasteiger partial charge on any atom is 0.333 e. The van der Waals surface area contributed by atoms with E-state index in [4.69, 9.17) is 0 Å². The van der Waals surface area contributed by atoms with Gasteiger partial charge in [-0.05, 0) is 40.5 Å². The molecule has 4 aromatic heterocycles. The third kappa shape index (κ3) is 13.9. The second-order valence-electron chi connectivity index (χ2n) is 44.7. The molecule has 13 aromatic rings. The van der Waals surface area contributed by atoms with Crippen molar-refractivity contribution in [3.63, 3.8) is 0 Å². The maximum absolute atomic E-state index is 13.3. The van der Waals surface area contributed by atoms with E-state index in [1.54, 1.807) is 41.7 Å². The van der Waals surface area contributed by atoms with Gasteiger partial charge < -0.3 is 4.90 Å². The number of urea groups is 3. The van der Waals surface area contributed by atoms with Crippen molar-refractivity contribution in [2.75, 3.05) is 90.1 Å². The summed E-state index contributed by atoms with van der Waals surface area (Å²) in [6.45, 7) is 27.4. The third-order valence-electron chi connectivity index (χ3n) is 34.0. The van der Waals surface area contributed by atoms with Crippen LogP contribution in [0.3, 0.4) is 0 Å². The predicted molar refractivity (Wildman–Crippen MR) is 593 cm³/mol. The molecule has 0 bridgehead atoms. The molecule has 27 heteroatoms. The molecule has 0 atom stereocenters. The Kier molecular flexibility index (Phi) is 23.0. The van der Waals surface area contributed by atoms with Crippen LogP contribution < -0.4 is 19.6 Å². The third-order valence-corrected chi connectivity index (χ3v) is 42.5. The summed E-state index contributed by atoms with van der Waals surface area (Å²) >= 11 is 0.389. The molecule has 13 aliphatic rings. The average Bonchev–Trinajstić information content (AvgIpc) is 1.20. The molecule has 15 heterocycles. The standard InChI is InChI=1S/C34H31N3O2Se.C31H29N3O3Se.C29H27N3O3S.C29H27N3O3Te/c1-33(2)24-14-9-10-17-28(24)37-29-25(33)15-11-16-26(29)34(35(3)4,36(5)6)27-19-20(40-32(27)37)18-23-30(38)21-12-7-8-13-22(21)31(23)39;1-30(2)20-10-5-6-13-24(20)34-25-21(30)11-9-12-22(25)31(14-7-8-15-31)23-17-18(38-28(23)34)16-19-26(35)32(3)29(37)33(4)27(19)36;2*1-28(2)18-10-7-8-13-22(18)32-23-19(28)11-9-12-20(23)29(3,4)21-15-16(36-26(21)32)14-17-24(33)30(5)27(35)31(6)25(17)34/h7-19H,1-6H3;5-6,9-13,16-17H,7-8,14-15H2,1-4H3;2*7-15H,1-6H3. The first-order valence-corrected chi connectivity index (χ1v) is 57.2. The molecule has 23 nitrogen and oxygen atoms in total. The first kappa shape index (κ1) is 99.5. The number of thiophene rings is 1. The summed E-state index contributed by atoms with van der Waals surface area (Å²) in [4.78, 5) is 162. The quantitative estimate of drug-likeness (QED) is 0.0652. The molecule has 9 aromatic carbocycles. The van der Waals surface area contributed by atoms with Crippen LogP contribution in [-0.2, 0) is 72.3 Å². The van der Waals surface area contributed by atoms with Gasteiger partial charge in [-0.1, -0.05) is 64.1 Å². The van der Waals surface area contributed by atoms with E-state index in [2.05, 4.69) is 335 Å². The second-order valence-corrected chi connectivity index (χ2v) is 53.2. The number of barbiturate groups is 3. The Morgan fingerprint density at radius 3 is 1.02 bits per heavy atom. The van der Waals surface area contributed by atoms with E-state index < -0.39 is 79.6 Å². The largest absolute Gasteiger partial charge is 0.333 e. The van der Waals surface area contributed by atoms with Gasteiger partial charge >= 0.3 is 697 Å². The zero-order valence-electron chi connectivity index (χ0n) is 87.9. The first-order chi connectivity index (χ1) is 71.2. The molecule has 0 N–H and O–H groups in total. The van der Waals surface area contributed by atoms with Crippen molar-refractivity contribution >= 4 is 214 Å². The average molecular weight is 2250 g/mol. The Morgan fingerprint density at radius 1 is 0.300 bits per heavy atom. The number of fused-ring (bicyclic) bond motifs is 19. The fourth-order valence-corrected chi connectivity index (χ4v) is 35.9. The first-order valence-electron chi connectivity index (χ1n) is 50.6. The van der Waals surface area contributed by atoms with Crippen molar-refractivity contribution < 1.29 is 52.7 Å². The summed E-state index contributed by atoms with van der Waals surface area (Å²) in [7, 11) is 17.0. The normalized spacial score (nSPS) is 19.1. The monoisotopic (exact) mass is 2260 g/mol. The number of ketones is 2. The molecular weight excluding hydrogens is 2140 g/mol. The zero-order valence-corrected chi connectivity index (χ0v) is 94.5. The number of benzene rings is 9. The maximum atomic E-state index is 13.3. The van der Waals surface area contributed by atoms with Gasteiger partial charge in [-0.3, -0.25) is 19.4 Å². The number of imide groups is 6. The minimum absolute atomic E-state index is 0.00520. The van der Waals surface area contributed by atoms with E-state index in [0.717, 1.165) is 75.8 Å². The van der Waals surface area contributed by atoms with Crippen molar-refractivity contribution in [1.82, 2.24) is 39.2 Å². The Balaban J connectivity index is 0.000000110. The van der Waals surface area contributed by atoms with Gasteiger partial charge in [0.2, 0.25) is 0 Å². The molecule has 0 unspecified atom stereocenters. The van der Waals surface area contributed by atoms with Crippen LogP contribution in [0.15, 0.2) is 241 Å². The fraction of sp³-hybridized carbons (Fsp3) is 0.276. The molecular formula is C123H114N12O11SSe2Te. The number of hydrogen-bond acceptors (Lipinski definition) is 18. The summed E-state index contributed by atoms with van der Waals surface area (Å²) in [6.07, 6.45) is 11.6. The van der Waals surface area contributed by atoms with Gasteiger partial charge in [0.25, 0.3) is 11.8 Å². The molecule has 4 fully saturated rings. The smallest absolute Gasteiger partial charge is 0.301 e. The molecule has 756 valence electrons. The number of allylic oxidation sites excluding steroid dienone is 1. The van der Waals surface area contributed by atoms with Crippen molar-refractivity contribution in [3.05, 3.63) is 358 Å². The Bertz CT molecular complexity index is 8070. The number of para-hydroxylation sites is 8. The number of carbonyl (C=O) groups is 11. The number of carbonyl (C=O) groups excluding carboxylic acids is 11. The van der Waals surface area contributed by atoms with Crippen molar-refractivity contribution in [1.29, 1.82) is 0 Å². The topological polar surface area (TPSA) is 227 Å². The summed E-state index contributed by atoms with van der Waals surface area (Å²) in [5, 5.41) is 1.09. The van der Waals surface area contributed by atoms with Gasteiger partial charge in [0, 0.05) is 29.8 Å². The summed E-state index contributed by atoms with van der Waals surface area (Å²) in [5.41, 5.74) is 30.1. The number of rotatable bonds is 6. The minimum Gasteiger partial charge on any atom is -0.301 e. The number of likely N-dealkylation sites (N-methyl/N-ethyl adjacent to an activating group) is 6. The van der Waals surface area contributed by atoms with Gasteiger partial charge in [0.05, 0.1) is 11.4 Å². The van der Waals surface area contributed by atoms with Crippen molar-refractivity contribution in [2.45, 2.75) is 152 Å². The molecule has 26 rings (SSSR count). The van der Waals surface area contributed by atoms with Crippen LogP contribution in [0, 0.1) is 0 Å². The van der Waals surface area contributed by atoms with Gasteiger partial charge in [0.15, 0.2) is 0 Å². The van der Waals surface area contributed by atoms with Gasteiger partial charge in [0.1, 0.15) is 10.6 Å². The van der Waals surface area contributed by atoms with Crippen LogP contribution in [-0.4, -0.2) is 224 Å². The van der Waals surface area contributed by atoms with Crippen LogP contribution in [0.2, 0.25) is 0 Å². The predicted octanol–water partition coefficient (Wildman–Crippen LogP) is 22.3. The number of hydrogen-bond donors (Lipinski definition) is 0.